The Balaban J connectivity index is 1.48. The van der Waals surface area contributed by atoms with Gasteiger partial charge in [-0.15, -0.1) is 0 Å². The van der Waals surface area contributed by atoms with Crippen LogP contribution in [0.1, 0.15) is 31.4 Å². The van der Waals surface area contributed by atoms with Crippen LogP contribution >= 0.6 is 0 Å². The molecule has 1 aromatic heterocycles. The van der Waals surface area contributed by atoms with Gasteiger partial charge in [0.25, 0.3) is 0 Å². The highest BCUT2D eigenvalue weighted by Gasteiger charge is 2.22. The summed E-state index contributed by atoms with van der Waals surface area (Å²) in [5.74, 6) is 1.79. The van der Waals surface area contributed by atoms with E-state index in [1.54, 1.807) is 0 Å². The van der Waals surface area contributed by atoms with Crippen molar-refractivity contribution in [1.29, 1.82) is 0 Å². The molecule has 1 N–H and O–H groups in total. The first-order chi connectivity index (χ1) is 12.3. The summed E-state index contributed by atoms with van der Waals surface area (Å²) in [5.41, 5.74) is 1.01. The molecule has 1 unspecified atom stereocenters. The highest BCUT2D eigenvalue weighted by Crippen LogP contribution is 2.23. The molecule has 3 rings (SSSR count). The Morgan fingerprint density at radius 3 is 2.48 bits per heavy atom. The topological polar surface area (TPSA) is 39.6 Å². The van der Waals surface area contributed by atoms with Crippen LogP contribution in [0.4, 0.5) is 5.82 Å². The molecular weight excluding hydrogens is 310 g/mol. The summed E-state index contributed by atoms with van der Waals surface area (Å²) in [7, 11) is 0. The fourth-order valence-electron chi connectivity index (χ4n) is 3.61. The summed E-state index contributed by atoms with van der Waals surface area (Å²) in [5, 5.41) is 10.5. The van der Waals surface area contributed by atoms with Crippen LogP contribution in [0.3, 0.4) is 0 Å². The van der Waals surface area contributed by atoms with Gasteiger partial charge in [-0.1, -0.05) is 43.3 Å². The standard InChI is InChI=1S/C21H29N3O/c1-2-23(17-20(25)19-8-4-3-5-9-19)16-18-11-14-24(15-12-18)21-10-6-7-13-22-21/h3-10,13,18,20,25H,2,11-12,14-17H2,1H3. The Labute approximate surface area is 151 Å². The maximum Gasteiger partial charge on any atom is 0.128 e. The van der Waals surface area contributed by atoms with Crippen molar-refractivity contribution in [2.24, 2.45) is 5.92 Å². The number of likely N-dealkylation sites (N-methyl/N-ethyl adjacent to an activating group) is 1. The molecule has 134 valence electrons. The maximum absolute atomic E-state index is 10.5. The minimum absolute atomic E-state index is 0.408. The Hall–Kier alpha value is -1.91. The van der Waals surface area contributed by atoms with Crippen LogP contribution in [0.5, 0.6) is 0 Å². The summed E-state index contributed by atoms with van der Waals surface area (Å²) in [6, 6.07) is 16.1. The van der Waals surface area contributed by atoms with E-state index >= 15 is 0 Å². The van der Waals surface area contributed by atoms with Crippen LogP contribution in [-0.2, 0) is 0 Å². The quantitative estimate of drug-likeness (QED) is 0.840. The van der Waals surface area contributed by atoms with E-state index in [-0.39, 0.29) is 0 Å². The van der Waals surface area contributed by atoms with E-state index in [1.807, 2.05) is 42.6 Å². The van der Waals surface area contributed by atoms with E-state index in [2.05, 4.69) is 33.8 Å². The highest BCUT2D eigenvalue weighted by molar-refractivity contribution is 5.37. The molecule has 4 heteroatoms. The Bertz CT molecular complexity index is 612. The maximum atomic E-state index is 10.5. The van der Waals surface area contributed by atoms with Crippen LogP contribution in [0.2, 0.25) is 0 Å². The summed E-state index contributed by atoms with van der Waals surface area (Å²) in [4.78, 5) is 9.23. The zero-order chi connectivity index (χ0) is 17.5. The van der Waals surface area contributed by atoms with Crippen LogP contribution in [-0.4, -0.2) is 47.7 Å². The zero-order valence-electron chi connectivity index (χ0n) is 15.1. The first kappa shape index (κ1) is 17.9. The molecule has 0 aliphatic carbocycles. The van der Waals surface area contributed by atoms with Crippen molar-refractivity contribution in [2.45, 2.75) is 25.9 Å². The van der Waals surface area contributed by atoms with E-state index in [1.165, 1.54) is 12.8 Å². The third-order valence-corrected chi connectivity index (χ3v) is 5.17. The number of aliphatic hydroxyl groups is 1. The number of nitrogens with zero attached hydrogens (tertiary/aromatic N) is 3. The van der Waals surface area contributed by atoms with Gasteiger partial charge in [-0.25, -0.2) is 4.98 Å². The molecule has 2 heterocycles. The number of anilines is 1. The first-order valence-corrected chi connectivity index (χ1v) is 9.37. The lowest BCUT2D eigenvalue weighted by Crippen LogP contribution is -2.40. The number of rotatable bonds is 7. The summed E-state index contributed by atoms with van der Waals surface area (Å²) < 4.78 is 0. The minimum Gasteiger partial charge on any atom is -0.387 e. The average molecular weight is 339 g/mol. The molecule has 4 nitrogen and oxygen atoms in total. The minimum atomic E-state index is -0.408. The van der Waals surface area contributed by atoms with Gasteiger partial charge in [-0.3, -0.25) is 0 Å². The smallest absolute Gasteiger partial charge is 0.128 e. The van der Waals surface area contributed by atoms with E-state index < -0.39 is 6.10 Å². The zero-order valence-corrected chi connectivity index (χ0v) is 15.1. The molecular formula is C21H29N3O. The predicted molar refractivity (Wildman–Crippen MR) is 103 cm³/mol. The number of hydrogen-bond acceptors (Lipinski definition) is 4. The lowest BCUT2D eigenvalue weighted by Gasteiger charge is -2.35. The Morgan fingerprint density at radius 1 is 1.12 bits per heavy atom. The molecule has 1 fully saturated rings. The van der Waals surface area contributed by atoms with Gasteiger partial charge in [0.2, 0.25) is 0 Å². The molecule has 0 bridgehead atoms. The van der Waals surface area contributed by atoms with Crippen molar-refractivity contribution in [3.8, 4) is 0 Å². The van der Waals surface area contributed by atoms with Gasteiger partial charge in [0, 0.05) is 32.4 Å². The second-order valence-corrected chi connectivity index (χ2v) is 6.90. The van der Waals surface area contributed by atoms with Crippen molar-refractivity contribution >= 4 is 5.82 Å². The van der Waals surface area contributed by atoms with Gasteiger partial charge in [-0.2, -0.15) is 0 Å². The van der Waals surface area contributed by atoms with Crippen molar-refractivity contribution < 1.29 is 5.11 Å². The van der Waals surface area contributed by atoms with E-state index in [0.717, 1.165) is 37.6 Å². The van der Waals surface area contributed by atoms with Crippen molar-refractivity contribution in [2.75, 3.05) is 37.6 Å². The molecule has 2 aromatic rings. The third-order valence-electron chi connectivity index (χ3n) is 5.17. The highest BCUT2D eigenvalue weighted by atomic mass is 16.3. The summed E-state index contributed by atoms with van der Waals surface area (Å²) >= 11 is 0. The monoisotopic (exact) mass is 339 g/mol. The third kappa shape index (κ3) is 5.03. The molecule has 1 aromatic carbocycles. The molecule has 0 spiro atoms. The predicted octanol–water partition coefficient (Wildman–Crippen LogP) is 3.35. The molecule has 1 aliphatic rings. The first-order valence-electron chi connectivity index (χ1n) is 9.37. The number of aliphatic hydroxyl groups excluding tert-OH is 1. The summed E-state index contributed by atoms with van der Waals surface area (Å²) in [6.07, 6.45) is 3.84. The number of hydrogen-bond donors (Lipinski definition) is 1. The SMILES string of the molecule is CCN(CC1CCN(c2ccccn2)CC1)CC(O)c1ccccc1. The van der Waals surface area contributed by atoms with Crippen LogP contribution < -0.4 is 4.90 Å². The molecule has 0 radical (unpaired) electrons. The van der Waals surface area contributed by atoms with Gasteiger partial charge in [-0.05, 0) is 43.0 Å². The van der Waals surface area contributed by atoms with Crippen molar-refractivity contribution in [3.05, 3.63) is 60.3 Å². The lowest BCUT2D eigenvalue weighted by atomic mass is 9.95. The largest absolute Gasteiger partial charge is 0.387 e. The Kier molecular flexibility index (Phi) is 6.42. The molecule has 1 saturated heterocycles. The lowest BCUT2D eigenvalue weighted by molar-refractivity contribution is 0.103. The van der Waals surface area contributed by atoms with Crippen LogP contribution in [0, 0.1) is 5.92 Å². The molecule has 1 atom stereocenters. The van der Waals surface area contributed by atoms with E-state index in [0.29, 0.717) is 12.5 Å². The Morgan fingerprint density at radius 2 is 1.84 bits per heavy atom. The van der Waals surface area contributed by atoms with Gasteiger partial charge in [0.15, 0.2) is 0 Å². The van der Waals surface area contributed by atoms with Gasteiger partial charge in [0.1, 0.15) is 5.82 Å². The summed E-state index contributed by atoms with van der Waals surface area (Å²) in [6.45, 7) is 7.07. The molecule has 25 heavy (non-hydrogen) atoms. The van der Waals surface area contributed by atoms with Gasteiger partial charge < -0.3 is 14.9 Å². The van der Waals surface area contributed by atoms with E-state index in [9.17, 15) is 5.11 Å². The molecule has 0 amide bonds. The number of pyridine rings is 1. The molecule has 1 aliphatic heterocycles. The fraction of sp³-hybridized carbons (Fsp3) is 0.476. The van der Waals surface area contributed by atoms with Gasteiger partial charge in [0.05, 0.1) is 6.10 Å². The fourth-order valence-corrected chi connectivity index (χ4v) is 3.61. The van der Waals surface area contributed by atoms with E-state index in [4.69, 9.17) is 0 Å². The van der Waals surface area contributed by atoms with Gasteiger partial charge >= 0.3 is 0 Å². The van der Waals surface area contributed by atoms with Crippen molar-refractivity contribution in [3.63, 3.8) is 0 Å². The van der Waals surface area contributed by atoms with Crippen molar-refractivity contribution in [1.82, 2.24) is 9.88 Å². The number of benzene rings is 1. The second kappa shape index (κ2) is 8.97. The molecule has 0 saturated carbocycles. The second-order valence-electron chi connectivity index (χ2n) is 6.90. The van der Waals surface area contributed by atoms with Crippen LogP contribution in [0.15, 0.2) is 54.7 Å². The number of aromatic nitrogens is 1. The van der Waals surface area contributed by atoms with Crippen LogP contribution in [0.25, 0.3) is 0 Å². The normalized spacial score (nSPS) is 17.0. The number of piperidine rings is 1. The average Bonchev–Trinajstić information content (AvgIpc) is 2.69.